The van der Waals surface area contributed by atoms with Gasteiger partial charge < -0.3 is 10.4 Å². The number of amides is 1. The van der Waals surface area contributed by atoms with Crippen molar-refractivity contribution in [3.05, 3.63) is 59.6 Å². The fraction of sp³-hybridized carbons (Fsp3) is 0.0667. The molecular weight excluding hydrogens is 270 g/mol. The van der Waals surface area contributed by atoms with Gasteiger partial charge in [0.1, 0.15) is 5.82 Å². The van der Waals surface area contributed by atoms with Crippen molar-refractivity contribution in [3.8, 4) is 0 Å². The number of aromatic nitrogens is 2. The van der Waals surface area contributed by atoms with Gasteiger partial charge >= 0.3 is 5.97 Å². The van der Waals surface area contributed by atoms with Crippen LogP contribution in [-0.2, 0) is 4.79 Å². The van der Waals surface area contributed by atoms with E-state index < -0.39 is 5.97 Å². The summed E-state index contributed by atoms with van der Waals surface area (Å²) in [5, 5.41) is 11.2. The second-order valence-corrected chi connectivity index (χ2v) is 4.32. The molecule has 0 aliphatic rings. The molecule has 2 aromatic rings. The summed E-state index contributed by atoms with van der Waals surface area (Å²) in [7, 11) is 0. The summed E-state index contributed by atoms with van der Waals surface area (Å²) in [5.74, 6) is -1.04. The van der Waals surface area contributed by atoms with Crippen molar-refractivity contribution in [2.75, 3.05) is 5.32 Å². The third kappa shape index (κ3) is 4.24. The van der Waals surface area contributed by atoms with Crippen LogP contribution < -0.4 is 5.32 Å². The number of aryl methyl sites for hydroxylation is 1. The first-order valence-electron chi connectivity index (χ1n) is 6.15. The quantitative estimate of drug-likeness (QED) is 0.839. The highest BCUT2D eigenvalue weighted by Gasteiger charge is 2.07. The van der Waals surface area contributed by atoms with E-state index in [0.29, 0.717) is 17.1 Å². The largest absolute Gasteiger partial charge is 0.478 e. The molecule has 0 aromatic carbocycles. The molecule has 0 fully saturated rings. The summed E-state index contributed by atoms with van der Waals surface area (Å²) in [6.45, 7) is 1.85. The van der Waals surface area contributed by atoms with Crippen LogP contribution >= 0.6 is 0 Å². The lowest BCUT2D eigenvalue weighted by Crippen LogP contribution is -2.13. The molecule has 0 bridgehead atoms. The Kier molecular flexibility index (Phi) is 4.40. The zero-order valence-electron chi connectivity index (χ0n) is 11.3. The van der Waals surface area contributed by atoms with Crippen LogP contribution in [0, 0.1) is 6.92 Å². The monoisotopic (exact) mass is 283 g/mol. The van der Waals surface area contributed by atoms with Crippen LogP contribution in [0.4, 0.5) is 5.82 Å². The van der Waals surface area contributed by atoms with E-state index in [4.69, 9.17) is 5.11 Å². The Morgan fingerprint density at radius 1 is 1.29 bits per heavy atom. The number of carbonyl (C=O) groups is 2. The molecule has 6 nitrogen and oxygen atoms in total. The minimum atomic E-state index is -1.06. The Bertz CT molecular complexity index is 711. The van der Waals surface area contributed by atoms with Gasteiger partial charge in [0.05, 0.1) is 11.3 Å². The summed E-state index contributed by atoms with van der Waals surface area (Å²) < 4.78 is 0. The van der Waals surface area contributed by atoms with Crippen LogP contribution in [0.3, 0.4) is 0 Å². The lowest BCUT2D eigenvalue weighted by Gasteiger charge is -2.05. The second-order valence-electron chi connectivity index (χ2n) is 4.32. The predicted octanol–water partition coefficient (Wildman–Crippen LogP) is 2.14. The van der Waals surface area contributed by atoms with Crippen LogP contribution in [0.5, 0.6) is 0 Å². The van der Waals surface area contributed by atoms with Gasteiger partial charge in [-0.25, -0.2) is 9.78 Å². The SMILES string of the molecule is Cc1cncc(C(=O)Nc2cccc(C=CC(=O)O)n2)c1. The van der Waals surface area contributed by atoms with Crippen molar-refractivity contribution in [1.29, 1.82) is 0 Å². The molecule has 0 saturated carbocycles. The van der Waals surface area contributed by atoms with Crippen molar-refractivity contribution in [1.82, 2.24) is 9.97 Å². The summed E-state index contributed by atoms with van der Waals surface area (Å²) in [5.41, 5.74) is 1.76. The maximum absolute atomic E-state index is 12.0. The van der Waals surface area contributed by atoms with Crippen molar-refractivity contribution in [3.63, 3.8) is 0 Å². The minimum absolute atomic E-state index is 0.321. The number of carboxylic acids is 1. The molecule has 6 heteroatoms. The maximum atomic E-state index is 12.0. The van der Waals surface area contributed by atoms with Gasteiger partial charge in [0.25, 0.3) is 5.91 Å². The zero-order chi connectivity index (χ0) is 15.2. The van der Waals surface area contributed by atoms with Crippen LogP contribution in [-0.4, -0.2) is 27.0 Å². The Balaban J connectivity index is 2.14. The van der Waals surface area contributed by atoms with E-state index in [1.165, 1.54) is 12.3 Å². The molecule has 0 aliphatic heterocycles. The van der Waals surface area contributed by atoms with Gasteiger partial charge in [0.2, 0.25) is 0 Å². The van der Waals surface area contributed by atoms with Crippen LogP contribution in [0.1, 0.15) is 21.6 Å². The number of pyridine rings is 2. The van der Waals surface area contributed by atoms with Crippen molar-refractivity contribution in [2.24, 2.45) is 0 Å². The summed E-state index contributed by atoms with van der Waals surface area (Å²) in [6.07, 6.45) is 5.47. The number of hydrogen-bond acceptors (Lipinski definition) is 4. The molecule has 2 N–H and O–H groups in total. The van der Waals surface area contributed by atoms with Crippen molar-refractivity contribution in [2.45, 2.75) is 6.92 Å². The highest BCUT2D eigenvalue weighted by atomic mass is 16.4. The Hall–Kier alpha value is -3.02. The van der Waals surface area contributed by atoms with Gasteiger partial charge in [0, 0.05) is 18.5 Å². The number of anilines is 1. The molecule has 0 atom stereocenters. The van der Waals surface area contributed by atoms with Gasteiger partial charge in [-0.3, -0.25) is 9.78 Å². The molecule has 0 saturated heterocycles. The number of hydrogen-bond donors (Lipinski definition) is 2. The number of rotatable bonds is 4. The first kappa shape index (κ1) is 14.4. The summed E-state index contributed by atoms with van der Waals surface area (Å²) >= 11 is 0. The van der Waals surface area contributed by atoms with E-state index in [9.17, 15) is 9.59 Å². The molecule has 21 heavy (non-hydrogen) atoms. The van der Waals surface area contributed by atoms with Crippen LogP contribution in [0.25, 0.3) is 6.08 Å². The molecule has 106 valence electrons. The first-order valence-corrected chi connectivity index (χ1v) is 6.15. The van der Waals surface area contributed by atoms with Gasteiger partial charge in [-0.05, 0) is 36.8 Å². The van der Waals surface area contributed by atoms with Gasteiger partial charge in [-0.2, -0.15) is 0 Å². The smallest absolute Gasteiger partial charge is 0.328 e. The van der Waals surface area contributed by atoms with E-state index in [2.05, 4.69) is 15.3 Å². The molecule has 0 spiro atoms. The number of carbonyl (C=O) groups excluding carboxylic acids is 1. The van der Waals surface area contributed by atoms with E-state index >= 15 is 0 Å². The lowest BCUT2D eigenvalue weighted by atomic mass is 10.2. The minimum Gasteiger partial charge on any atom is -0.478 e. The average molecular weight is 283 g/mol. The average Bonchev–Trinajstić information content (AvgIpc) is 2.45. The normalized spacial score (nSPS) is 10.5. The first-order chi connectivity index (χ1) is 10.0. The fourth-order valence-corrected chi connectivity index (χ4v) is 1.64. The molecule has 2 heterocycles. The Morgan fingerprint density at radius 3 is 2.81 bits per heavy atom. The molecule has 0 radical (unpaired) electrons. The maximum Gasteiger partial charge on any atom is 0.328 e. The number of nitrogens with zero attached hydrogens (tertiary/aromatic N) is 2. The number of nitrogens with one attached hydrogen (secondary N) is 1. The third-order valence-electron chi connectivity index (χ3n) is 2.55. The second kappa shape index (κ2) is 6.42. The lowest BCUT2D eigenvalue weighted by molar-refractivity contribution is -0.131. The topological polar surface area (TPSA) is 92.2 Å². The highest BCUT2D eigenvalue weighted by Crippen LogP contribution is 2.09. The standard InChI is InChI=1S/C15H13N3O3/c1-10-7-11(9-16-8-10)15(21)18-13-4-2-3-12(17-13)5-6-14(19)20/h2-9H,1H3,(H,19,20)(H,17,18,21). The van der Waals surface area contributed by atoms with Gasteiger partial charge in [0.15, 0.2) is 0 Å². The van der Waals surface area contributed by atoms with E-state index in [1.54, 1.807) is 30.5 Å². The number of aliphatic carboxylic acids is 1. The van der Waals surface area contributed by atoms with Crippen LogP contribution in [0.15, 0.2) is 42.7 Å². The van der Waals surface area contributed by atoms with Crippen molar-refractivity contribution >= 4 is 23.8 Å². The molecule has 1 amide bonds. The molecule has 2 rings (SSSR count). The summed E-state index contributed by atoms with van der Waals surface area (Å²) in [6, 6.07) is 6.66. The molecule has 0 unspecified atom stereocenters. The van der Waals surface area contributed by atoms with E-state index in [0.717, 1.165) is 11.6 Å². The molecular formula is C15H13N3O3. The molecule has 0 aliphatic carbocycles. The van der Waals surface area contributed by atoms with Crippen molar-refractivity contribution < 1.29 is 14.7 Å². The predicted molar refractivity (Wildman–Crippen MR) is 77.8 cm³/mol. The molecule has 2 aromatic heterocycles. The highest BCUT2D eigenvalue weighted by molar-refractivity contribution is 6.03. The Morgan fingerprint density at radius 2 is 2.10 bits per heavy atom. The van der Waals surface area contributed by atoms with Gasteiger partial charge in [-0.1, -0.05) is 6.07 Å². The van der Waals surface area contributed by atoms with Gasteiger partial charge in [-0.15, -0.1) is 0 Å². The van der Waals surface area contributed by atoms with Crippen LogP contribution in [0.2, 0.25) is 0 Å². The fourth-order valence-electron chi connectivity index (χ4n) is 1.64. The Labute approximate surface area is 121 Å². The number of carboxylic acid groups (broad SMARTS) is 1. The van der Waals surface area contributed by atoms with E-state index in [-0.39, 0.29) is 5.91 Å². The third-order valence-corrected chi connectivity index (χ3v) is 2.55. The zero-order valence-corrected chi connectivity index (χ0v) is 11.3. The van der Waals surface area contributed by atoms with E-state index in [1.807, 2.05) is 6.92 Å². The summed E-state index contributed by atoms with van der Waals surface area (Å²) in [4.78, 5) is 30.6.